The summed E-state index contributed by atoms with van der Waals surface area (Å²) in [6.45, 7) is 2.83. The molecule has 0 amide bonds. The molecule has 96 valence electrons. The van der Waals surface area contributed by atoms with Crippen LogP contribution in [0.15, 0.2) is 24.9 Å². The second kappa shape index (κ2) is 5.63. The van der Waals surface area contributed by atoms with Crippen molar-refractivity contribution in [2.75, 3.05) is 12.4 Å². The van der Waals surface area contributed by atoms with Gasteiger partial charge in [-0.1, -0.05) is 11.3 Å². The van der Waals surface area contributed by atoms with Gasteiger partial charge in [0.15, 0.2) is 5.13 Å². The minimum absolute atomic E-state index is 0.191. The van der Waals surface area contributed by atoms with Crippen LogP contribution >= 0.6 is 11.3 Å². The van der Waals surface area contributed by atoms with Crippen molar-refractivity contribution in [2.45, 2.75) is 19.5 Å². The molecule has 0 aliphatic rings. The van der Waals surface area contributed by atoms with E-state index in [0.717, 1.165) is 6.54 Å². The lowest BCUT2D eigenvalue weighted by Crippen LogP contribution is -2.21. The fraction of sp³-hybridized carbons (Fsp3) is 0.364. The van der Waals surface area contributed by atoms with Gasteiger partial charge in [-0.3, -0.25) is 0 Å². The molecule has 0 aliphatic heterocycles. The molecule has 0 bridgehead atoms. The summed E-state index contributed by atoms with van der Waals surface area (Å²) in [6, 6.07) is 0.191. The van der Waals surface area contributed by atoms with Crippen molar-refractivity contribution in [1.29, 1.82) is 0 Å². The van der Waals surface area contributed by atoms with Gasteiger partial charge in [0, 0.05) is 25.0 Å². The lowest BCUT2D eigenvalue weighted by Gasteiger charge is -2.12. The van der Waals surface area contributed by atoms with Gasteiger partial charge in [0.2, 0.25) is 0 Å². The molecule has 2 rings (SSSR count). The van der Waals surface area contributed by atoms with Crippen molar-refractivity contribution in [1.82, 2.24) is 14.5 Å². The predicted molar refractivity (Wildman–Crippen MR) is 68.8 cm³/mol. The number of ether oxygens (including phenoxy) is 1. The largest absolute Gasteiger partial charge is 0.465 e. The molecule has 18 heavy (non-hydrogen) atoms. The van der Waals surface area contributed by atoms with Gasteiger partial charge in [0.1, 0.15) is 4.88 Å². The summed E-state index contributed by atoms with van der Waals surface area (Å²) >= 11 is 1.28. The Hall–Kier alpha value is -1.89. The second-order valence-corrected chi connectivity index (χ2v) is 4.86. The SMILES string of the molecule is COC(=O)c1cnc(NC(C)Cn2ccnc2)s1. The Morgan fingerprint density at radius 2 is 2.50 bits per heavy atom. The van der Waals surface area contributed by atoms with Crippen molar-refractivity contribution in [3.63, 3.8) is 0 Å². The first kappa shape index (κ1) is 12.6. The number of carbonyl (C=O) groups is 1. The van der Waals surface area contributed by atoms with Crippen molar-refractivity contribution < 1.29 is 9.53 Å². The van der Waals surface area contributed by atoms with Crippen molar-refractivity contribution in [3.8, 4) is 0 Å². The zero-order valence-corrected chi connectivity index (χ0v) is 11.0. The van der Waals surface area contributed by atoms with Crippen LogP contribution in [-0.2, 0) is 11.3 Å². The number of imidazole rings is 1. The number of thiazole rings is 1. The summed E-state index contributed by atoms with van der Waals surface area (Å²) in [7, 11) is 1.36. The van der Waals surface area contributed by atoms with Gasteiger partial charge in [-0.15, -0.1) is 0 Å². The van der Waals surface area contributed by atoms with E-state index in [1.807, 2.05) is 17.7 Å². The van der Waals surface area contributed by atoms with Crippen LogP contribution in [0.5, 0.6) is 0 Å². The first-order valence-corrected chi connectivity index (χ1v) is 6.27. The summed E-state index contributed by atoms with van der Waals surface area (Å²) in [4.78, 5) is 19.9. The molecule has 0 saturated carbocycles. The van der Waals surface area contributed by atoms with E-state index in [1.165, 1.54) is 24.6 Å². The molecular weight excluding hydrogens is 252 g/mol. The number of carbonyl (C=O) groups excluding carboxylic acids is 1. The second-order valence-electron chi connectivity index (χ2n) is 3.83. The van der Waals surface area contributed by atoms with Crippen LogP contribution < -0.4 is 5.32 Å². The Kier molecular flexibility index (Phi) is 3.93. The minimum Gasteiger partial charge on any atom is -0.465 e. The molecule has 7 heteroatoms. The van der Waals surface area contributed by atoms with Crippen LogP contribution in [0.25, 0.3) is 0 Å². The van der Waals surface area contributed by atoms with Crippen LogP contribution in [-0.4, -0.2) is 33.7 Å². The van der Waals surface area contributed by atoms with Crippen molar-refractivity contribution >= 4 is 22.4 Å². The quantitative estimate of drug-likeness (QED) is 0.833. The Bertz CT molecular complexity index is 509. The molecule has 6 nitrogen and oxygen atoms in total. The van der Waals surface area contributed by atoms with E-state index in [9.17, 15) is 4.79 Å². The number of methoxy groups -OCH3 is 1. The average molecular weight is 266 g/mol. The van der Waals surface area contributed by atoms with E-state index in [2.05, 4.69) is 20.0 Å². The third kappa shape index (κ3) is 3.07. The molecule has 2 heterocycles. The molecular formula is C11H14N4O2S. The number of esters is 1. The van der Waals surface area contributed by atoms with Crippen LogP contribution in [0.2, 0.25) is 0 Å². The van der Waals surface area contributed by atoms with Crippen molar-refractivity contribution in [3.05, 3.63) is 29.8 Å². The van der Waals surface area contributed by atoms with Crippen LogP contribution in [0.1, 0.15) is 16.6 Å². The predicted octanol–water partition coefficient (Wildman–Crippen LogP) is 1.63. The van der Waals surface area contributed by atoms with Crippen molar-refractivity contribution in [2.24, 2.45) is 0 Å². The Balaban J connectivity index is 1.92. The van der Waals surface area contributed by atoms with E-state index in [4.69, 9.17) is 0 Å². The number of aromatic nitrogens is 3. The maximum atomic E-state index is 11.3. The highest BCUT2D eigenvalue weighted by Gasteiger charge is 2.12. The first-order chi connectivity index (χ1) is 8.69. The smallest absolute Gasteiger partial charge is 0.349 e. The van der Waals surface area contributed by atoms with Gasteiger partial charge >= 0.3 is 5.97 Å². The molecule has 0 fully saturated rings. The van der Waals surface area contributed by atoms with Gasteiger partial charge in [0.05, 0.1) is 19.6 Å². The maximum Gasteiger partial charge on any atom is 0.349 e. The molecule has 0 radical (unpaired) electrons. The lowest BCUT2D eigenvalue weighted by atomic mass is 10.3. The zero-order chi connectivity index (χ0) is 13.0. The molecule has 0 saturated heterocycles. The first-order valence-electron chi connectivity index (χ1n) is 5.45. The van der Waals surface area contributed by atoms with E-state index in [1.54, 1.807) is 12.5 Å². The number of nitrogens with zero attached hydrogens (tertiary/aromatic N) is 3. The minimum atomic E-state index is -0.359. The van der Waals surface area contributed by atoms with Gasteiger partial charge in [-0.25, -0.2) is 14.8 Å². The fourth-order valence-corrected chi connectivity index (χ4v) is 2.35. The average Bonchev–Trinajstić information content (AvgIpc) is 2.99. The number of hydrogen-bond acceptors (Lipinski definition) is 6. The third-order valence-corrected chi connectivity index (χ3v) is 3.21. The normalized spacial score (nSPS) is 12.1. The highest BCUT2D eigenvalue weighted by atomic mass is 32.1. The number of nitrogens with one attached hydrogen (secondary N) is 1. The van der Waals surface area contributed by atoms with Crippen LogP contribution in [0.3, 0.4) is 0 Å². The zero-order valence-electron chi connectivity index (χ0n) is 10.2. The molecule has 1 atom stereocenters. The Labute approximate surface area is 109 Å². The highest BCUT2D eigenvalue weighted by molar-refractivity contribution is 7.17. The van der Waals surface area contributed by atoms with Gasteiger partial charge in [0.25, 0.3) is 0 Å². The monoisotopic (exact) mass is 266 g/mol. The molecule has 0 spiro atoms. The number of rotatable bonds is 5. The summed E-state index contributed by atoms with van der Waals surface area (Å²) < 4.78 is 6.61. The Morgan fingerprint density at radius 3 is 3.17 bits per heavy atom. The topological polar surface area (TPSA) is 69.0 Å². The highest BCUT2D eigenvalue weighted by Crippen LogP contribution is 2.19. The molecule has 0 aliphatic carbocycles. The molecule has 1 unspecified atom stereocenters. The summed E-state index contributed by atoms with van der Waals surface area (Å²) in [5.74, 6) is -0.359. The van der Waals surface area contributed by atoms with E-state index in [-0.39, 0.29) is 12.0 Å². The van der Waals surface area contributed by atoms with Gasteiger partial charge in [-0.05, 0) is 6.92 Å². The summed E-state index contributed by atoms with van der Waals surface area (Å²) in [6.07, 6.45) is 6.92. The van der Waals surface area contributed by atoms with Crippen LogP contribution in [0.4, 0.5) is 5.13 Å². The number of anilines is 1. The van der Waals surface area contributed by atoms with E-state index in [0.29, 0.717) is 10.0 Å². The number of hydrogen-bond donors (Lipinski definition) is 1. The summed E-state index contributed by atoms with van der Waals surface area (Å²) in [5, 5.41) is 3.94. The molecule has 1 N–H and O–H groups in total. The van der Waals surface area contributed by atoms with Gasteiger partial charge < -0.3 is 14.6 Å². The molecule has 0 aromatic carbocycles. The van der Waals surface area contributed by atoms with Gasteiger partial charge in [-0.2, -0.15) is 0 Å². The third-order valence-electron chi connectivity index (χ3n) is 2.31. The summed E-state index contributed by atoms with van der Waals surface area (Å²) in [5.41, 5.74) is 0. The molecule has 2 aromatic heterocycles. The van der Waals surface area contributed by atoms with E-state index < -0.39 is 0 Å². The van der Waals surface area contributed by atoms with Crippen LogP contribution in [0, 0.1) is 0 Å². The fourth-order valence-electron chi connectivity index (χ4n) is 1.50. The van der Waals surface area contributed by atoms with E-state index >= 15 is 0 Å². The Morgan fingerprint density at radius 1 is 1.67 bits per heavy atom. The lowest BCUT2D eigenvalue weighted by molar-refractivity contribution is 0.0606. The standard InChI is InChI=1S/C11H14N4O2S/c1-8(6-15-4-3-12-7-15)14-11-13-5-9(18-11)10(16)17-2/h3-5,7-8H,6H2,1-2H3,(H,13,14). The molecule has 2 aromatic rings. The maximum absolute atomic E-state index is 11.3.